The van der Waals surface area contributed by atoms with Crippen molar-refractivity contribution in [3.8, 4) is 5.75 Å². The van der Waals surface area contributed by atoms with Gasteiger partial charge in [-0.3, -0.25) is 4.79 Å². The fourth-order valence-corrected chi connectivity index (χ4v) is 7.90. The van der Waals surface area contributed by atoms with Crippen molar-refractivity contribution < 1.29 is 19.0 Å². The van der Waals surface area contributed by atoms with Crippen molar-refractivity contribution in [1.29, 1.82) is 0 Å². The molecule has 5 atom stereocenters. The zero-order valence-electron chi connectivity index (χ0n) is 17.1. The number of carbonyl (C=O) groups is 1. The van der Waals surface area contributed by atoms with E-state index < -0.39 is 5.79 Å². The lowest BCUT2D eigenvalue weighted by Crippen LogP contribution is -2.54. The van der Waals surface area contributed by atoms with E-state index in [1.807, 2.05) is 18.2 Å². The van der Waals surface area contributed by atoms with Crippen LogP contribution in [0.4, 0.5) is 0 Å². The molecule has 1 heterocycles. The van der Waals surface area contributed by atoms with Crippen LogP contribution in [0.5, 0.6) is 5.75 Å². The molecule has 29 heavy (non-hydrogen) atoms. The lowest BCUT2D eigenvalue weighted by Gasteiger charge is -2.52. The molecule has 6 rings (SSSR count). The second-order valence-electron chi connectivity index (χ2n) is 9.62. The van der Waals surface area contributed by atoms with Gasteiger partial charge < -0.3 is 14.2 Å². The van der Waals surface area contributed by atoms with E-state index in [-0.39, 0.29) is 33.9 Å². The van der Waals surface area contributed by atoms with Crippen LogP contribution >= 0.6 is 0 Å². The van der Waals surface area contributed by atoms with Crippen molar-refractivity contribution in [3.63, 3.8) is 0 Å². The molecule has 4 heteroatoms. The summed E-state index contributed by atoms with van der Waals surface area (Å²) in [5.74, 6) is 0.154. The van der Waals surface area contributed by atoms with Gasteiger partial charge in [0.2, 0.25) is 0 Å². The highest BCUT2D eigenvalue weighted by Crippen LogP contribution is 2.80. The van der Waals surface area contributed by atoms with Crippen LogP contribution in [0, 0.1) is 22.7 Å². The molecule has 1 aliphatic heterocycles. The molecule has 5 aliphatic rings. The number of carbonyl (C=O) groups excluding carboxylic acids is 1. The molecule has 0 radical (unpaired) electrons. The predicted molar refractivity (Wildman–Crippen MR) is 109 cm³/mol. The molecule has 0 aromatic heterocycles. The number of allylic oxidation sites excluding steroid dienone is 3. The second-order valence-corrected chi connectivity index (χ2v) is 9.62. The molecule has 1 aromatic carbocycles. The van der Waals surface area contributed by atoms with E-state index in [1.54, 1.807) is 13.2 Å². The fraction of sp³-hybridized carbons (Fsp3) is 0.560. The van der Waals surface area contributed by atoms with Crippen LogP contribution in [-0.2, 0) is 19.7 Å². The third kappa shape index (κ3) is 1.82. The summed E-state index contributed by atoms with van der Waals surface area (Å²) in [6.45, 7) is 3.60. The highest BCUT2D eigenvalue weighted by molar-refractivity contribution is 5.96. The summed E-state index contributed by atoms with van der Waals surface area (Å²) in [6, 6.07) is 8.38. The molecule has 2 bridgehead atoms. The number of rotatable bonds is 2. The smallest absolute Gasteiger partial charge is 0.192 e. The van der Waals surface area contributed by atoms with E-state index in [0.29, 0.717) is 13.2 Å². The van der Waals surface area contributed by atoms with E-state index in [1.165, 1.54) is 18.4 Å². The minimum atomic E-state index is -0.768. The molecule has 1 aromatic rings. The van der Waals surface area contributed by atoms with Crippen LogP contribution in [-0.4, -0.2) is 31.9 Å². The molecule has 0 amide bonds. The van der Waals surface area contributed by atoms with Gasteiger partial charge in [0.05, 0.1) is 20.3 Å². The molecule has 3 fully saturated rings. The monoisotopic (exact) mass is 392 g/mol. The molecule has 1 spiro atoms. The summed E-state index contributed by atoms with van der Waals surface area (Å²) in [6.07, 6.45) is 13.1. The van der Waals surface area contributed by atoms with E-state index in [4.69, 9.17) is 14.2 Å². The zero-order valence-corrected chi connectivity index (χ0v) is 17.1. The zero-order chi connectivity index (χ0) is 19.9. The van der Waals surface area contributed by atoms with Crippen LogP contribution in [0.2, 0.25) is 0 Å². The normalized spacial score (nSPS) is 43.6. The highest BCUT2D eigenvalue weighted by Gasteiger charge is 2.81. The summed E-state index contributed by atoms with van der Waals surface area (Å²) >= 11 is 0. The number of ether oxygens (including phenoxy) is 3. The van der Waals surface area contributed by atoms with Crippen molar-refractivity contribution >= 4 is 5.78 Å². The van der Waals surface area contributed by atoms with Crippen LogP contribution in [0.3, 0.4) is 0 Å². The molecule has 4 nitrogen and oxygen atoms in total. The average Bonchev–Trinajstić information content (AvgIpc) is 3.38. The maximum atomic E-state index is 13.5. The largest absolute Gasteiger partial charge is 0.497 e. The van der Waals surface area contributed by atoms with Gasteiger partial charge in [0.25, 0.3) is 0 Å². The van der Waals surface area contributed by atoms with Gasteiger partial charge in [-0.25, -0.2) is 0 Å². The Labute approximate surface area is 171 Å². The maximum Gasteiger partial charge on any atom is 0.192 e. The van der Waals surface area contributed by atoms with Crippen LogP contribution in [0.25, 0.3) is 0 Å². The van der Waals surface area contributed by atoms with Crippen molar-refractivity contribution in [2.75, 3.05) is 20.3 Å². The van der Waals surface area contributed by atoms with E-state index >= 15 is 0 Å². The quantitative estimate of drug-likeness (QED) is 0.708. The highest BCUT2D eigenvalue weighted by atomic mass is 16.7. The molecular formula is C25H28O4. The molecule has 152 valence electrons. The first-order chi connectivity index (χ1) is 14.0. The van der Waals surface area contributed by atoms with Crippen molar-refractivity contribution in [1.82, 2.24) is 0 Å². The molecule has 0 unspecified atom stereocenters. The Balaban J connectivity index is 1.62. The first-order valence-corrected chi connectivity index (χ1v) is 10.9. The maximum absolute atomic E-state index is 13.5. The van der Waals surface area contributed by atoms with Gasteiger partial charge in [-0.1, -0.05) is 44.1 Å². The number of benzene rings is 1. The minimum absolute atomic E-state index is 0.0207. The number of hydrogen-bond donors (Lipinski definition) is 0. The Morgan fingerprint density at radius 1 is 1.00 bits per heavy atom. The van der Waals surface area contributed by atoms with Gasteiger partial charge in [0, 0.05) is 22.7 Å². The summed E-state index contributed by atoms with van der Waals surface area (Å²) in [7, 11) is 1.69. The standard InChI is InChI=1S/C25H28O4/c1-22-10-3-4-11-23(22)13-14-24(22,17-5-7-18(27-2)8-6-17)20-19(26)9-12-25(21(20)23)28-15-16-29-25/h5-9,12-14,20-21H,3-4,10-11,15-16H2,1-2H3/t20-,21+,22+,23-,24-/m1/s1. The van der Waals surface area contributed by atoms with Gasteiger partial charge in [-0.15, -0.1) is 0 Å². The number of methoxy groups -OCH3 is 1. The summed E-state index contributed by atoms with van der Waals surface area (Å²) in [4.78, 5) is 13.5. The summed E-state index contributed by atoms with van der Waals surface area (Å²) in [5, 5.41) is 0. The Morgan fingerprint density at radius 3 is 2.45 bits per heavy atom. The average molecular weight is 392 g/mol. The van der Waals surface area contributed by atoms with E-state index in [2.05, 4.69) is 31.2 Å². The molecule has 2 saturated carbocycles. The molecular weight excluding hydrogens is 364 g/mol. The Kier molecular flexibility index (Phi) is 3.47. The van der Waals surface area contributed by atoms with Crippen molar-refractivity contribution in [3.05, 3.63) is 54.1 Å². The predicted octanol–water partition coefficient (Wildman–Crippen LogP) is 4.20. The third-order valence-corrected chi connectivity index (χ3v) is 9.01. The van der Waals surface area contributed by atoms with Crippen molar-refractivity contribution in [2.45, 2.75) is 43.8 Å². The van der Waals surface area contributed by atoms with Gasteiger partial charge in [-0.2, -0.15) is 0 Å². The second kappa shape index (κ2) is 5.61. The first kappa shape index (κ1) is 17.9. The van der Waals surface area contributed by atoms with Gasteiger partial charge >= 0.3 is 0 Å². The molecule has 4 aliphatic carbocycles. The van der Waals surface area contributed by atoms with Crippen LogP contribution in [0.1, 0.15) is 38.2 Å². The van der Waals surface area contributed by atoms with Gasteiger partial charge in [0.15, 0.2) is 11.6 Å². The van der Waals surface area contributed by atoms with Crippen molar-refractivity contribution in [2.24, 2.45) is 22.7 Å². The first-order valence-electron chi connectivity index (χ1n) is 10.9. The third-order valence-electron chi connectivity index (χ3n) is 9.01. The number of fused-ring (bicyclic) bond motifs is 3. The summed E-state index contributed by atoms with van der Waals surface area (Å²) < 4.78 is 18.0. The van der Waals surface area contributed by atoms with Gasteiger partial charge in [0.1, 0.15) is 5.75 Å². The van der Waals surface area contributed by atoms with Gasteiger partial charge in [-0.05, 0) is 48.1 Å². The topological polar surface area (TPSA) is 44.8 Å². The lowest BCUT2D eigenvalue weighted by molar-refractivity contribution is -0.200. The van der Waals surface area contributed by atoms with E-state index in [9.17, 15) is 4.79 Å². The Bertz CT molecular complexity index is 925. The van der Waals surface area contributed by atoms with Crippen LogP contribution in [0.15, 0.2) is 48.6 Å². The minimum Gasteiger partial charge on any atom is -0.497 e. The SMILES string of the molecule is COc1ccc([C@@]23C=C[C@]4(CCCC[C@@]42C)[C@@H]2[C@H]3C(=O)C=CC23OCCO3)cc1. The summed E-state index contributed by atoms with van der Waals surface area (Å²) in [5.41, 5.74) is 0.756. The van der Waals surface area contributed by atoms with Crippen LogP contribution < -0.4 is 4.74 Å². The molecule has 0 N–H and O–H groups in total. The fourth-order valence-electron chi connectivity index (χ4n) is 7.90. The Hall–Kier alpha value is -1.91. The number of hydrogen-bond acceptors (Lipinski definition) is 4. The lowest BCUT2D eigenvalue weighted by atomic mass is 9.52. The van der Waals surface area contributed by atoms with E-state index in [0.717, 1.165) is 18.6 Å². The Morgan fingerprint density at radius 2 is 1.72 bits per heavy atom. The number of ketones is 1. The molecule has 1 saturated heterocycles.